The lowest BCUT2D eigenvalue weighted by Crippen LogP contribution is -2.56. The van der Waals surface area contributed by atoms with E-state index in [4.69, 9.17) is 14.2 Å². The number of hydrogen-bond acceptors (Lipinski definition) is 9. The third-order valence-corrected chi connectivity index (χ3v) is 11.1. The second-order valence-corrected chi connectivity index (χ2v) is 16.1. The minimum Gasteiger partial charge on any atom is -0.479 e. The number of hydrogen-bond donors (Lipinski definition) is 4. The van der Waals surface area contributed by atoms with Crippen LogP contribution in [0.1, 0.15) is 67.7 Å². The predicted molar refractivity (Wildman–Crippen MR) is 222 cm³/mol. The van der Waals surface area contributed by atoms with E-state index in [2.05, 4.69) is 46.3 Å². The molecule has 2 unspecified atom stereocenters. The van der Waals surface area contributed by atoms with E-state index < -0.39 is 40.9 Å². The molecule has 8 rings (SSSR count). The molecule has 4 aromatic rings. The van der Waals surface area contributed by atoms with Crippen LogP contribution in [0.15, 0.2) is 97.1 Å². The van der Waals surface area contributed by atoms with Crippen molar-refractivity contribution in [2.75, 3.05) is 39.4 Å². The number of rotatable bonds is 7. The largest absolute Gasteiger partial charge is 0.479 e. The van der Waals surface area contributed by atoms with Crippen molar-refractivity contribution in [3.8, 4) is 28.3 Å². The van der Waals surface area contributed by atoms with Crippen LogP contribution in [0.5, 0.6) is 0 Å². The Balaban J connectivity index is 0.000000199. The molecule has 2 aliphatic carbocycles. The summed E-state index contributed by atoms with van der Waals surface area (Å²) in [6.07, 6.45) is -1.21. The van der Waals surface area contributed by atoms with E-state index in [0.29, 0.717) is 25.9 Å². The van der Waals surface area contributed by atoms with Gasteiger partial charge in [0.15, 0.2) is 5.54 Å². The summed E-state index contributed by atoms with van der Waals surface area (Å²) in [4.78, 5) is 50.2. The van der Waals surface area contributed by atoms with Crippen LogP contribution in [0, 0.1) is 11.3 Å². The van der Waals surface area contributed by atoms with Crippen molar-refractivity contribution in [2.45, 2.75) is 62.1 Å². The molecule has 13 nitrogen and oxygen atoms in total. The topological polar surface area (TPSA) is 179 Å². The Morgan fingerprint density at radius 2 is 1.20 bits per heavy atom. The maximum Gasteiger partial charge on any atom is 0.410 e. The quantitative estimate of drug-likeness (QED) is 0.140. The maximum absolute atomic E-state index is 12.6. The first-order valence-electron chi connectivity index (χ1n) is 19.4. The van der Waals surface area contributed by atoms with Gasteiger partial charge in [-0.25, -0.2) is 19.2 Å². The van der Waals surface area contributed by atoms with E-state index in [1.165, 1.54) is 4.90 Å². The minimum atomic E-state index is -1.29. The lowest BCUT2D eigenvalue weighted by Gasteiger charge is -2.26. The molecule has 14 heteroatoms. The summed E-state index contributed by atoms with van der Waals surface area (Å²) in [5, 5.41) is 27.4. The zero-order valence-corrected chi connectivity index (χ0v) is 34.0. The molecule has 0 saturated carbocycles. The highest BCUT2D eigenvalue weighted by Gasteiger charge is 2.45. The molecular formula is C45H48ClN5O8. The van der Waals surface area contributed by atoms with Gasteiger partial charge in [0.2, 0.25) is 0 Å². The van der Waals surface area contributed by atoms with E-state index in [1.807, 2.05) is 72.8 Å². The number of carboxylic acid groups (broad SMARTS) is 1. The highest BCUT2D eigenvalue weighted by Crippen LogP contribution is 2.45. The first kappa shape index (κ1) is 42.5. The lowest BCUT2D eigenvalue weighted by atomic mass is 9.98. The van der Waals surface area contributed by atoms with Crippen LogP contribution in [-0.2, 0) is 19.0 Å². The van der Waals surface area contributed by atoms with Gasteiger partial charge in [-0.3, -0.25) is 0 Å². The molecule has 0 bridgehead atoms. The van der Waals surface area contributed by atoms with Crippen molar-refractivity contribution in [2.24, 2.45) is 0 Å². The zero-order valence-electron chi connectivity index (χ0n) is 33.2. The lowest BCUT2D eigenvalue weighted by molar-refractivity contribution is -0.143. The number of amides is 3. The van der Waals surface area contributed by atoms with Crippen LogP contribution in [0.3, 0.4) is 0 Å². The average Bonchev–Trinajstić information content (AvgIpc) is 4.00. The Bertz CT molecular complexity index is 2170. The highest BCUT2D eigenvalue weighted by molar-refractivity contribution is 5.86. The monoisotopic (exact) mass is 821 g/mol. The number of halogens is 1. The SMILES string of the molecule is CC(C)(C)OC(=O)N1CCC(C#N)(NC(=O)OCC2c3ccccc3-c3ccccc32)C1.Cl.O=C(NC1(C(=O)O)CCNC1)OCC1c2ccccc2-c2ccccc21. The van der Waals surface area contributed by atoms with E-state index in [-0.39, 0.29) is 50.5 Å². The normalized spacial score (nSPS) is 19.9. The molecule has 0 spiro atoms. The summed E-state index contributed by atoms with van der Waals surface area (Å²) < 4.78 is 16.4. The number of carbonyl (C=O) groups is 4. The van der Waals surface area contributed by atoms with E-state index in [9.17, 15) is 29.5 Å². The number of carbonyl (C=O) groups excluding carboxylic acids is 3. The Hall–Kier alpha value is -6.10. The first-order chi connectivity index (χ1) is 27.8. The minimum absolute atomic E-state index is 0. The number of benzene rings is 4. The third-order valence-electron chi connectivity index (χ3n) is 11.1. The highest BCUT2D eigenvalue weighted by atomic mass is 35.5. The van der Waals surface area contributed by atoms with Crippen molar-refractivity contribution in [1.29, 1.82) is 5.26 Å². The summed E-state index contributed by atoms with van der Waals surface area (Å²) in [6, 6.07) is 34.5. The van der Waals surface area contributed by atoms with Gasteiger partial charge < -0.3 is 40.2 Å². The first-order valence-corrected chi connectivity index (χ1v) is 19.4. The van der Waals surface area contributed by atoms with E-state index >= 15 is 0 Å². The molecule has 3 amide bonds. The Labute approximate surface area is 349 Å². The number of likely N-dealkylation sites (tertiary alicyclic amines) is 1. The van der Waals surface area contributed by atoms with Gasteiger partial charge >= 0.3 is 24.2 Å². The molecular weight excluding hydrogens is 774 g/mol. The molecule has 308 valence electrons. The number of ether oxygens (including phenoxy) is 3. The van der Waals surface area contributed by atoms with Crippen molar-refractivity contribution in [3.63, 3.8) is 0 Å². The maximum atomic E-state index is 12.6. The van der Waals surface area contributed by atoms with E-state index in [1.54, 1.807) is 20.8 Å². The number of aliphatic carboxylic acids is 1. The molecule has 0 aromatic heterocycles. The fourth-order valence-electron chi connectivity index (χ4n) is 8.21. The van der Waals surface area contributed by atoms with Gasteiger partial charge in [-0.1, -0.05) is 97.1 Å². The molecule has 59 heavy (non-hydrogen) atoms. The Kier molecular flexibility index (Phi) is 12.5. The molecule has 0 radical (unpaired) electrons. The number of nitrogens with zero attached hydrogens (tertiary/aromatic N) is 2. The van der Waals surface area contributed by atoms with Crippen molar-refractivity contribution in [1.82, 2.24) is 20.9 Å². The van der Waals surface area contributed by atoms with Gasteiger partial charge in [0.05, 0.1) is 12.6 Å². The summed E-state index contributed by atoms with van der Waals surface area (Å²) in [7, 11) is 0. The molecule has 4 aliphatic rings. The van der Waals surface area contributed by atoms with Crippen LogP contribution in [0.2, 0.25) is 0 Å². The molecule has 2 saturated heterocycles. The molecule has 4 N–H and O–H groups in total. The zero-order chi connectivity index (χ0) is 41.1. The third kappa shape index (κ3) is 8.99. The summed E-state index contributed by atoms with van der Waals surface area (Å²) in [5.74, 6) is -1.15. The molecule has 2 aliphatic heterocycles. The summed E-state index contributed by atoms with van der Waals surface area (Å²) in [5.41, 5.74) is 5.97. The van der Waals surface area contributed by atoms with E-state index in [0.717, 1.165) is 44.5 Å². The van der Waals surface area contributed by atoms with Crippen LogP contribution < -0.4 is 16.0 Å². The van der Waals surface area contributed by atoms with Crippen LogP contribution in [-0.4, -0.2) is 90.3 Å². The average molecular weight is 822 g/mol. The smallest absolute Gasteiger partial charge is 0.410 e. The van der Waals surface area contributed by atoms with Crippen molar-refractivity contribution in [3.05, 3.63) is 119 Å². The molecule has 2 fully saturated rings. The van der Waals surface area contributed by atoms with Crippen LogP contribution in [0.4, 0.5) is 14.4 Å². The number of nitrogens with one attached hydrogen (secondary N) is 3. The number of alkyl carbamates (subject to hydrolysis) is 2. The predicted octanol–water partition coefficient (Wildman–Crippen LogP) is 7.19. The van der Waals surface area contributed by atoms with Gasteiger partial charge in [-0.15, -0.1) is 12.4 Å². The van der Waals surface area contributed by atoms with Gasteiger partial charge in [-0.05, 0) is 78.2 Å². The van der Waals surface area contributed by atoms with Crippen LogP contribution in [0.25, 0.3) is 22.3 Å². The van der Waals surface area contributed by atoms with Crippen molar-refractivity contribution < 1.29 is 38.5 Å². The van der Waals surface area contributed by atoms with Gasteiger partial charge in [-0.2, -0.15) is 5.26 Å². The van der Waals surface area contributed by atoms with Gasteiger partial charge in [0, 0.05) is 31.3 Å². The second kappa shape index (κ2) is 17.4. The Morgan fingerprint density at radius 1 is 0.763 bits per heavy atom. The number of carboxylic acids is 1. The number of nitriles is 1. The fourth-order valence-corrected chi connectivity index (χ4v) is 8.21. The fraction of sp³-hybridized carbons (Fsp3) is 0.356. The standard InChI is InChI=1S/C25H27N3O4.C20H20N2O4.ClH/c1-24(2,3)32-23(30)28-13-12-25(15-26,16-28)27-22(29)31-14-21-19-10-6-4-8-17(19)18-9-5-7-11-20(18)21;23-18(24)20(9-10-21-12-20)22-19(25)26-11-17-15-7-3-1-5-13(15)14-6-2-4-8-16(14)17;/h4-11,21H,12-14,16H2,1-3H3,(H,27,29);1-8,17,21H,9-12H2,(H,22,25)(H,23,24);1H. The second-order valence-electron chi connectivity index (χ2n) is 16.1. The Morgan fingerprint density at radius 3 is 1.59 bits per heavy atom. The van der Waals surface area contributed by atoms with Gasteiger partial charge in [0.25, 0.3) is 0 Å². The molecule has 2 atom stereocenters. The summed E-state index contributed by atoms with van der Waals surface area (Å²) in [6.45, 7) is 6.83. The number of fused-ring (bicyclic) bond motifs is 6. The van der Waals surface area contributed by atoms with Crippen molar-refractivity contribution >= 4 is 36.7 Å². The molecule has 2 heterocycles. The van der Waals surface area contributed by atoms with Crippen LogP contribution >= 0.6 is 12.4 Å². The molecule has 4 aromatic carbocycles. The summed E-state index contributed by atoms with van der Waals surface area (Å²) >= 11 is 0. The van der Waals surface area contributed by atoms with Gasteiger partial charge in [0.1, 0.15) is 24.4 Å².